The van der Waals surface area contributed by atoms with E-state index in [-0.39, 0.29) is 12.2 Å². The minimum atomic E-state index is -0.0738. The smallest absolute Gasteiger partial charge is 0.261 e. The molecule has 24 heavy (non-hydrogen) atoms. The summed E-state index contributed by atoms with van der Waals surface area (Å²) < 4.78 is 1.74. The number of hydrogen-bond donors (Lipinski definition) is 1. The van der Waals surface area contributed by atoms with Crippen molar-refractivity contribution in [2.45, 2.75) is 26.5 Å². The van der Waals surface area contributed by atoms with Crippen LogP contribution in [0.3, 0.4) is 0 Å². The molecule has 0 amide bonds. The van der Waals surface area contributed by atoms with E-state index in [1.165, 1.54) is 5.56 Å². The van der Waals surface area contributed by atoms with Crippen LogP contribution >= 0.6 is 0 Å². The van der Waals surface area contributed by atoms with Crippen molar-refractivity contribution in [3.63, 3.8) is 0 Å². The predicted octanol–water partition coefficient (Wildman–Crippen LogP) is 3.14. The van der Waals surface area contributed by atoms with E-state index in [1.54, 1.807) is 10.6 Å². The standard InChI is InChI=1S/C20H18N2O2/c1-13-4-2-3-5-15(13)11-16-8-9-22-19(16)21-18-7-6-14(12-23)10-17(18)20(22)24/h2-7,10-11,23H,8-9,12H2,1H3/b16-11+. The van der Waals surface area contributed by atoms with Gasteiger partial charge in [-0.1, -0.05) is 30.3 Å². The average molecular weight is 318 g/mol. The molecule has 0 aliphatic carbocycles. The zero-order valence-corrected chi connectivity index (χ0v) is 13.5. The first-order valence-corrected chi connectivity index (χ1v) is 8.08. The second-order valence-electron chi connectivity index (χ2n) is 6.18. The molecule has 2 aromatic carbocycles. The normalized spacial score (nSPS) is 15.2. The number of aryl methyl sites for hydroxylation is 1. The van der Waals surface area contributed by atoms with Crippen molar-refractivity contribution >= 4 is 22.6 Å². The highest BCUT2D eigenvalue weighted by atomic mass is 16.3. The molecule has 0 saturated heterocycles. The quantitative estimate of drug-likeness (QED) is 0.790. The SMILES string of the molecule is Cc1ccccc1/C=C1\CCn2c1nc1ccc(CO)cc1c2=O. The maximum Gasteiger partial charge on any atom is 0.261 e. The Kier molecular flexibility index (Phi) is 3.54. The van der Waals surface area contributed by atoms with E-state index in [4.69, 9.17) is 4.98 Å². The van der Waals surface area contributed by atoms with Crippen LogP contribution in [0.2, 0.25) is 0 Å². The van der Waals surface area contributed by atoms with Crippen LogP contribution in [0, 0.1) is 6.92 Å². The van der Waals surface area contributed by atoms with Gasteiger partial charge in [0.2, 0.25) is 0 Å². The lowest BCUT2D eigenvalue weighted by molar-refractivity contribution is 0.282. The molecule has 0 spiro atoms. The highest BCUT2D eigenvalue weighted by Gasteiger charge is 2.21. The van der Waals surface area contributed by atoms with Gasteiger partial charge in [-0.3, -0.25) is 9.36 Å². The van der Waals surface area contributed by atoms with Crippen LogP contribution in [0.15, 0.2) is 47.3 Å². The predicted molar refractivity (Wildman–Crippen MR) is 95.6 cm³/mol. The molecular weight excluding hydrogens is 300 g/mol. The van der Waals surface area contributed by atoms with Gasteiger partial charge in [-0.25, -0.2) is 4.98 Å². The lowest BCUT2D eigenvalue weighted by Gasteiger charge is -2.07. The molecule has 4 heteroatoms. The van der Waals surface area contributed by atoms with Crippen LogP contribution in [0.4, 0.5) is 0 Å². The number of benzene rings is 2. The summed E-state index contributed by atoms with van der Waals surface area (Å²) >= 11 is 0. The molecule has 1 aliphatic heterocycles. The lowest BCUT2D eigenvalue weighted by atomic mass is 10.0. The molecule has 3 aromatic rings. The average Bonchev–Trinajstić information content (AvgIpc) is 3.00. The van der Waals surface area contributed by atoms with Gasteiger partial charge in [-0.05, 0) is 53.8 Å². The first kappa shape index (κ1) is 14.8. The van der Waals surface area contributed by atoms with E-state index in [2.05, 4.69) is 25.1 Å². The van der Waals surface area contributed by atoms with E-state index in [1.807, 2.05) is 24.3 Å². The maximum absolute atomic E-state index is 12.8. The number of allylic oxidation sites excluding steroid dienone is 1. The van der Waals surface area contributed by atoms with E-state index in [0.29, 0.717) is 17.4 Å². The van der Waals surface area contributed by atoms with Crippen molar-refractivity contribution in [2.75, 3.05) is 0 Å². The lowest BCUT2D eigenvalue weighted by Crippen LogP contribution is -2.20. The molecule has 4 rings (SSSR count). The molecule has 0 saturated carbocycles. The van der Waals surface area contributed by atoms with Crippen molar-refractivity contribution in [1.29, 1.82) is 0 Å². The Bertz CT molecular complexity index is 1030. The van der Waals surface area contributed by atoms with E-state index in [0.717, 1.165) is 28.9 Å². The van der Waals surface area contributed by atoms with Gasteiger partial charge in [0.15, 0.2) is 0 Å². The van der Waals surface area contributed by atoms with Crippen molar-refractivity contribution in [1.82, 2.24) is 9.55 Å². The van der Waals surface area contributed by atoms with Crippen molar-refractivity contribution in [3.05, 3.63) is 75.3 Å². The Morgan fingerprint density at radius 2 is 2.08 bits per heavy atom. The second kappa shape index (κ2) is 5.73. The summed E-state index contributed by atoms with van der Waals surface area (Å²) in [6.45, 7) is 2.66. The molecule has 0 atom stereocenters. The zero-order valence-electron chi connectivity index (χ0n) is 13.5. The number of fused-ring (bicyclic) bond motifs is 2. The first-order chi connectivity index (χ1) is 11.7. The van der Waals surface area contributed by atoms with Crippen molar-refractivity contribution in [3.8, 4) is 0 Å². The highest BCUT2D eigenvalue weighted by Crippen LogP contribution is 2.28. The summed E-state index contributed by atoms with van der Waals surface area (Å²) in [6, 6.07) is 13.6. The molecule has 2 heterocycles. The summed E-state index contributed by atoms with van der Waals surface area (Å²) in [4.78, 5) is 17.5. The van der Waals surface area contributed by atoms with Crippen molar-refractivity contribution in [2.24, 2.45) is 0 Å². The van der Waals surface area contributed by atoms with Crippen LogP contribution in [0.25, 0.3) is 22.6 Å². The topological polar surface area (TPSA) is 55.1 Å². The van der Waals surface area contributed by atoms with Crippen LogP contribution in [0.1, 0.15) is 28.9 Å². The summed E-state index contributed by atoms with van der Waals surface area (Å²) in [6.07, 6.45) is 2.94. The highest BCUT2D eigenvalue weighted by molar-refractivity contribution is 5.85. The molecule has 0 radical (unpaired) electrons. The molecule has 0 unspecified atom stereocenters. The monoisotopic (exact) mass is 318 g/mol. The summed E-state index contributed by atoms with van der Waals surface area (Å²) in [5.74, 6) is 0.757. The summed E-state index contributed by atoms with van der Waals surface area (Å²) in [5.41, 5.74) is 4.84. The number of rotatable bonds is 2. The van der Waals surface area contributed by atoms with Gasteiger partial charge >= 0.3 is 0 Å². The van der Waals surface area contributed by atoms with Crippen LogP contribution in [-0.2, 0) is 13.2 Å². The van der Waals surface area contributed by atoms with Gasteiger partial charge in [0.25, 0.3) is 5.56 Å². The Morgan fingerprint density at radius 1 is 1.25 bits per heavy atom. The van der Waals surface area contributed by atoms with Crippen molar-refractivity contribution < 1.29 is 5.11 Å². The van der Waals surface area contributed by atoms with E-state index >= 15 is 0 Å². The van der Waals surface area contributed by atoms with E-state index in [9.17, 15) is 9.90 Å². The fourth-order valence-corrected chi connectivity index (χ4v) is 3.24. The number of aliphatic hydroxyl groups excluding tert-OH is 1. The Hall–Kier alpha value is -2.72. The molecule has 1 N–H and O–H groups in total. The molecule has 4 nitrogen and oxygen atoms in total. The molecule has 1 aromatic heterocycles. The van der Waals surface area contributed by atoms with Crippen LogP contribution in [-0.4, -0.2) is 14.7 Å². The van der Waals surface area contributed by atoms with Gasteiger partial charge < -0.3 is 5.11 Å². The number of hydrogen-bond acceptors (Lipinski definition) is 3. The third-order valence-electron chi connectivity index (χ3n) is 4.61. The number of nitrogens with zero attached hydrogens (tertiary/aromatic N) is 2. The second-order valence-corrected chi connectivity index (χ2v) is 6.18. The van der Waals surface area contributed by atoms with E-state index < -0.39 is 0 Å². The zero-order chi connectivity index (χ0) is 16.7. The summed E-state index contributed by atoms with van der Waals surface area (Å²) in [7, 11) is 0. The van der Waals surface area contributed by atoms with Gasteiger partial charge in [0.05, 0.1) is 17.5 Å². The number of aliphatic hydroxyl groups is 1. The van der Waals surface area contributed by atoms with Crippen LogP contribution in [0.5, 0.6) is 0 Å². The Labute approximate surface area is 139 Å². The van der Waals surface area contributed by atoms with Crippen LogP contribution < -0.4 is 5.56 Å². The molecule has 1 aliphatic rings. The fraction of sp³-hybridized carbons (Fsp3) is 0.200. The largest absolute Gasteiger partial charge is 0.392 e. The minimum Gasteiger partial charge on any atom is -0.392 e. The minimum absolute atomic E-state index is 0.0292. The van der Waals surface area contributed by atoms with Gasteiger partial charge in [-0.15, -0.1) is 0 Å². The molecule has 120 valence electrons. The molecule has 0 fully saturated rings. The maximum atomic E-state index is 12.8. The van der Waals surface area contributed by atoms with Gasteiger partial charge in [-0.2, -0.15) is 0 Å². The Morgan fingerprint density at radius 3 is 2.88 bits per heavy atom. The summed E-state index contributed by atoms with van der Waals surface area (Å²) in [5, 5.41) is 9.85. The third-order valence-corrected chi connectivity index (χ3v) is 4.61. The first-order valence-electron chi connectivity index (χ1n) is 8.08. The number of aromatic nitrogens is 2. The molecular formula is C20H18N2O2. The molecule has 0 bridgehead atoms. The fourth-order valence-electron chi connectivity index (χ4n) is 3.24. The van der Waals surface area contributed by atoms with Gasteiger partial charge in [0.1, 0.15) is 5.82 Å². The Balaban J connectivity index is 1.90. The third kappa shape index (κ3) is 2.36. The van der Waals surface area contributed by atoms with Gasteiger partial charge in [0, 0.05) is 6.54 Å².